The fourth-order valence-electron chi connectivity index (χ4n) is 2.86. The molecule has 1 N–H and O–H groups in total. The number of ether oxygens (including phenoxy) is 1. The van der Waals surface area contributed by atoms with Crippen molar-refractivity contribution in [2.75, 3.05) is 17.1 Å². The van der Waals surface area contributed by atoms with Crippen LogP contribution in [0.2, 0.25) is 0 Å². The van der Waals surface area contributed by atoms with E-state index in [9.17, 15) is 13.2 Å². The number of Topliss-reactive ketones (excluding diaryl/α,β-unsaturated/α-hetero) is 1. The molecule has 162 valence electrons. The predicted octanol–water partition coefficient (Wildman–Crippen LogP) is 4.63. The quantitative estimate of drug-likeness (QED) is 0.323. The molecule has 0 spiro atoms. The molecule has 0 aliphatic heterocycles. The summed E-state index contributed by atoms with van der Waals surface area (Å²) >= 11 is 3.15. The van der Waals surface area contributed by atoms with Gasteiger partial charge >= 0.3 is 10.2 Å². The third-order valence-corrected chi connectivity index (χ3v) is 6.49. The maximum Gasteiger partial charge on any atom is 0.301 e. The summed E-state index contributed by atoms with van der Waals surface area (Å²) in [5.74, 6) is 0.180. The van der Waals surface area contributed by atoms with Crippen LogP contribution in [0.15, 0.2) is 78.9 Å². The van der Waals surface area contributed by atoms with Crippen LogP contribution in [0.1, 0.15) is 21.5 Å². The van der Waals surface area contributed by atoms with Crippen molar-refractivity contribution in [3.05, 3.63) is 95.6 Å². The zero-order chi connectivity index (χ0) is 22.3. The first-order valence-corrected chi connectivity index (χ1v) is 12.1. The van der Waals surface area contributed by atoms with Gasteiger partial charge in [0.25, 0.3) is 0 Å². The van der Waals surface area contributed by atoms with Crippen LogP contribution in [0.3, 0.4) is 0 Å². The second-order valence-corrected chi connectivity index (χ2v) is 9.23. The zero-order valence-electron chi connectivity index (χ0n) is 17.0. The lowest BCUT2D eigenvalue weighted by atomic mass is 10.1. The molecule has 3 rings (SSSR count). The molecule has 0 fully saturated rings. The first kappa shape index (κ1) is 23.0. The van der Waals surface area contributed by atoms with Gasteiger partial charge in [-0.2, -0.15) is 12.7 Å². The summed E-state index contributed by atoms with van der Waals surface area (Å²) in [5, 5.41) is 0.136. The topological polar surface area (TPSA) is 75.7 Å². The third kappa shape index (κ3) is 6.40. The van der Waals surface area contributed by atoms with Crippen LogP contribution in [0, 0.1) is 0 Å². The molecule has 3 aromatic carbocycles. The lowest BCUT2D eigenvalue weighted by Crippen LogP contribution is -2.32. The van der Waals surface area contributed by atoms with Gasteiger partial charge in [0.15, 0.2) is 5.78 Å². The number of carbonyl (C=O) groups excluding carboxylic acids is 1. The minimum absolute atomic E-state index is 0.136. The zero-order valence-corrected chi connectivity index (χ0v) is 19.4. The number of nitrogens with zero attached hydrogens (tertiary/aromatic N) is 1. The van der Waals surface area contributed by atoms with Crippen LogP contribution in [0.25, 0.3) is 0 Å². The van der Waals surface area contributed by atoms with E-state index in [0.29, 0.717) is 11.3 Å². The van der Waals surface area contributed by atoms with Crippen molar-refractivity contribution < 1.29 is 17.9 Å². The van der Waals surface area contributed by atoms with Crippen LogP contribution in [-0.4, -0.2) is 30.9 Å². The van der Waals surface area contributed by atoms with Crippen LogP contribution in [0.5, 0.6) is 5.75 Å². The molecule has 0 aromatic heterocycles. The molecule has 0 radical (unpaired) electrons. The summed E-state index contributed by atoms with van der Waals surface area (Å²) < 4.78 is 35.5. The Morgan fingerprint density at radius 2 is 1.58 bits per heavy atom. The Labute approximate surface area is 191 Å². The van der Waals surface area contributed by atoms with E-state index in [4.69, 9.17) is 4.74 Å². The summed E-state index contributed by atoms with van der Waals surface area (Å²) in [4.78, 5) is 12.1. The van der Waals surface area contributed by atoms with Gasteiger partial charge in [0, 0.05) is 19.2 Å². The summed E-state index contributed by atoms with van der Waals surface area (Å²) in [6.07, 6.45) is 0. The van der Waals surface area contributed by atoms with Crippen molar-refractivity contribution in [2.24, 2.45) is 0 Å². The molecule has 0 heterocycles. The van der Waals surface area contributed by atoms with Crippen LogP contribution < -0.4 is 9.46 Å². The molecule has 0 saturated carbocycles. The Bertz CT molecular complexity index is 1120. The van der Waals surface area contributed by atoms with Gasteiger partial charge in [0.2, 0.25) is 0 Å². The van der Waals surface area contributed by atoms with Crippen molar-refractivity contribution in [3.63, 3.8) is 0 Å². The number of hydrogen-bond acceptors (Lipinski definition) is 4. The molecule has 31 heavy (non-hydrogen) atoms. The highest BCUT2D eigenvalue weighted by Gasteiger charge is 2.21. The normalized spacial score (nSPS) is 11.3. The minimum Gasteiger partial charge on any atom is -0.487 e. The van der Waals surface area contributed by atoms with Crippen LogP contribution in [-0.2, 0) is 23.4 Å². The van der Waals surface area contributed by atoms with Gasteiger partial charge in [-0.05, 0) is 29.3 Å². The molecule has 3 aromatic rings. The second kappa shape index (κ2) is 10.6. The Balaban J connectivity index is 1.84. The minimum atomic E-state index is -3.89. The number of benzene rings is 3. The Morgan fingerprint density at radius 1 is 0.968 bits per heavy atom. The van der Waals surface area contributed by atoms with E-state index in [2.05, 4.69) is 20.7 Å². The predicted molar refractivity (Wildman–Crippen MR) is 126 cm³/mol. The molecule has 0 atom stereocenters. The number of halogens is 1. The molecule has 0 saturated heterocycles. The SMILES string of the molecule is CN(Cc1ccccc1)S(=O)(=O)Nc1cc(C(=O)CBr)ccc1OCc1ccccc1. The molecule has 0 aliphatic rings. The first-order valence-electron chi connectivity index (χ1n) is 9.57. The van der Waals surface area contributed by atoms with Crippen molar-refractivity contribution in [1.82, 2.24) is 4.31 Å². The number of nitrogens with one attached hydrogen (secondary N) is 1. The maximum atomic E-state index is 12.9. The molecular formula is C23H23BrN2O4S. The lowest BCUT2D eigenvalue weighted by Gasteiger charge is -2.20. The van der Waals surface area contributed by atoms with Crippen LogP contribution in [0.4, 0.5) is 5.69 Å². The Morgan fingerprint density at radius 3 is 2.19 bits per heavy atom. The summed E-state index contributed by atoms with van der Waals surface area (Å²) in [5.41, 5.74) is 2.40. The monoisotopic (exact) mass is 502 g/mol. The van der Waals surface area contributed by atoms with Gasteiger partial charge in [-0.1, -0.05) is 76.6 Å². The van der Waals surface area contributed by atoms with Crippen molar-refractivity contribution in [1.29, 1.82) is 0 Å². The van der Waals surface area contributed by atoms with Gasteiger partial charge in [0.05, 0.1) is 11.0 Å². The van der Waals surface area contributed by atoms with E-state index in [0.717, 1.165) is 11.1 Å². The highest BCUT2D eigenvalue weighted by atomic mass is 79.9. The van der Waals surface area contributed by atoms with Gasteiger partial charge in [0.1, 0.15) is 12.4 Å². The van der Waals surface area contributed by atoms with Crippen molar-refractivity contribution >= 4 is 37.6 Å². The Kier molecular flexibility index (Phi) is 7.84. The smallest absolute Gasteiger partial charge is 0.301 e. The third-order valence-electron chi connectivity index (χ3n) is 4.56. The van der Waals surface area contributed by atoms with E-state index in [1.807, 2.05) is 60.7 Å². The van der Waals surface area contributed by atoms with E-state index < -0.39 is 10.2 Å². The van der Waals surface area contributed by atoms with E-state index in [1.165, 1.54) is 17.4 Å². The highest BCUT2D eigenvalue weighted by Crippen LogP contribution is 2.29. The number of carbonyl (C=O) groups is 1. The number of rotatable bonds is 10. The lowest BCUT2D eigenvalue weighted by molar-refractivity contribution is 0.102. The number of anilines is 1. The summed E-state index contributed by atoms with van der Waals surface area (Å²) in [6, 6.07) is 23.6. The van der Waals surface area contributed by atoms with Crippen molar-refractivity contribution in [2.45, 2.75) is 13.2 Å². The number of alkyl halides is 1. The molecule has 8 heteroatoms. The molecule has 0 aliphatic carbocycles. The van der Waals surface area contributed by atoms with Crippen LogP contribution >= 0.6 is 15.9 Å². The fraction of sp³-hybridized carbons (Fsp3) is 0.174. The summed E-state index contributed by atoms with van der Waals surface area (Å²) in [7, 11) is -2.39. The van der Waals surface area contributed by atoms with E-state index in [1.54, 1.807) is 12.1 Å². The highest BCUT2D eigenvalue weighted by molar-refractivity contribution is 9.09. The number of hydrogen-bond donors (Lipinski definition) is 1. The second-order valence-electron chi connectivity index (χ2n) is 6.89. The standard InChI is InChI=1S/C23H23BrN2O4S/c1-26(16-18-8-4-2-5-9-18)31(28,29)25-21-14-20(22(27)15-24)12-13-23(21)30-17-19-10-6-3-7-11-19/h2-14,25H,15-17H2,1H3. The van der Waals surface area contributed by atoms with Gasteiger partial charge in [-0.15, -0.1) is 0 Å². The van der Waals surface area contributed by atoms with Gasteiger partial charge < -0.3 is 4.74 Å². The fourth-order valence-corrected chi connectivity index (χ4v) is 4.10. The first-order chi connectivity index (χ1) is 14.9. The van der Waals surface area contributed by atoms with Crippen molar-refractivity contribution in [3.8, 4) is 5.75 Å². The molecule has 0 amide bonds. The Hall–Kier alpha value is -2.68. The van der Waals surface area contributed by atoms with Gasteiger partial charge in [-0.3, -0.25) is 9.52 Å². The summed E-state index contributed by atoms with van der Waals surface area (Å²) in [6.45, 7) is 0.470. The largest absolute Gasteiger partial charge is 0.487 e. The molecule has 6 nitrogen and oxygen atoms in total. The maximum absolute atomic E-state index is 12.9. The number of ketones is 1. The molecule has 0 unspecified atom stereocenters. The average molecular weight is 503 g/mol. The van der Waals surface area contributed by atoms with E-state index in [-0.39, 0.29) is 30.0 Å². The molecule has 0 bridgehead atoms. The van der Waals surface area contributed by atoms with E-state index >= 15 is 0 Å². The van der Waals surface area contributed by atoms with Gasteiger partial charge in [-0.25, -0.2) is 0 Å². The molecular weight excluding hydrogens is 480 g/mol. The average Bonchev–Trinajstić information content (AvgIpc) is 2.78.